The van der Waals surface area contributed by atoms with Gasteiger partial charge in [-0.05, 0) is 48.8 Å². The lowest BCUT2D eigenvalue weighted by Crippen LogP contribution is -2.67. The average molecular weight is 527 g/mol. The van der Waals surface area contributed by atoms with Crippen molar-refractivity contribution in [3.63, 3.8) is 0 Å². The SMILES string of the molecule is O=C1CC2(CCN(c3cncc(-c4cn(Cc5cn6cc(CNCC78CC(F)(C7)C8)ccc6n5)nn4)c3)C2)C1. The maximum atomic E-state index is 13.7. The van der Waals surface area contributed by atoms with E-state index in [4.69, 9.17) is 4.98 Å². The highest BCUT2D eigenvalue weighted by atomic mass is 19.1. The second kappa shape index (κ2) is 8.17. The van der Waals surface area contributed by atoms with Crippen molar-refractivity contribution in [3.05, 3.63) is 60.4 Å². The second-order valence-electron chi connectivity index (χ2n) is 12.6. The van der Waals surface area contributed by atoms with Crippen LogP contribution in [0, 0.1) is 10.8 Å². The zero-order chi connectivity index (χ0) is 26.2. The molecule has 5 heterocycles. The normalized spacial score (nSPS) is 26.6. The third-order valence-corrected chi connectivity index (χ3v) is 9.30. The number of hydrogen-bond donors (Lipinski definition) is 1. The summed E-state index contributed by atoms with van der Waals surface area (Å²) in [7, 11) is 0. The number of anilines is 1. The van der Waals surface area contributed by atoms with Gasteiger partial charge in [0.25, 0.3) is 0 Å². The van der Waals surface area contributed by atoms with Gasteiger partial charge in [0.05, 0.1) is 30.3 Å². The molecule has 0 radical (unpaired) electrons. The van der Waals surface area contributed by atoms with Crippen molar-refractivity contribution in [2.24, 2.45) is 10.8 Å². The van der Waals surface area contributed by atoms with Gasteiger partial charge >= 0.3 is 0 Å². The van der Waals surface area contributed by atoms with E-state index in [9.17, 15) is 9.18 Å². The highest BCUT2D eigenvalue weighted by Crippen LogP contribution is 2.69. The number of carbonyl (C=O) groups is 1. The minimum Gasteiger partial charge on any atom is -0.370 e. The standard InChI is InChI=1S/C29H31FN8O/c30-29-15-28(16-29,17-29)18-32-8-20-1-2-26-33-22(12-37(26)11-20)13-38-14-25(34-35-38)21-5-23(10-31-9-21)36-4-3-27(19-36)6-24(39)7-27/h1-2,5,9-12,14,32H,3-4,6-8,13,15-19H2. The Morgan fingerprint density at radius 2 is 1.95 bits per heavy atom. The van der Waals surface area contributed by atoms with E-state index in [0.29, 0.717) is 12.3 Å². The number of pyridine rings is 2. The number of Topliss-reactive ketones (excluding diaryl/α,β-unsaturated/α-hetero) is 1. The number of ketones is 1. The number of hydrogen-bond acceptors (Lipinski definition) is 7. The Balaban J connectivity index is 0.918. The molecule has 1 N–H and O–H groups in total. The van der Waals surface area contributed by atoms with E-state index in [1.54, 1.807) is 4.68 Å². The van der Waals surface area contributed by atoms with E-state index in [1.807, 2.05) is 35.3 Å². The molecule has 9 rings (SSSR count). The first kappa shape index (κ1) is 23.2. The zero-order valence-electron chi connectivity index (χ0n) is 21.8. The molecule has 1 spiro atoms. The molecule has 4 aliphatic carbocycles. The van der Waals surface area contributed by atoms with Crippen LogP contribution in [0.4, 0.5) is 10.1 Å². The maximum Gasteiger partial charge on any atom is 0.137 e. The van der Waals surface area contributed by atoms with Crippen molar-refractivity contribution in [2.75, 3.05) is 24.5 Å². The van der Waals surface area contributed by atoms with Crippen molar-refractivity contribution in [1.29, 1.82) is 0 Å². The molecule has 4 aromatic rings. The summed E-state index contributed by atoms with van der Waals surface area (Å²) in [5, 5.41) is 12.3. The van der Waals surface area contributed by atoms with Crippen LogP contribution in [0.15, 0.2) is 49.2 Å². The number of halogens is 1. The van der Waals surface area contributed by atoms with E-state index >= 15 is 0 Å². The van der Waals surface area contributed by atoms with Crippen LogP contribution in [0.25, 0.3) is 16.9 Å². The van der Waals surface area contributed by atoms with Crippen LogP contribution in [0.1, 0.15) is 49.8 Å². The molecule has 200 valence electrons. The number of carbonyl (C=O) groups excluding carboxylic acids is 1. The van der Waals surface area contributed by atoms with Crippen LogP contribution < -0.4 is 10.2 Å². The second-order valence-corrected chi connectivity index (χ2v) is 12.6. The van der Waals surface area contributed by atoms with Crippen LogP contribution in [-0.4, -0.2) is 60.4 Å². The molecule has 5 fully saturated rings. The molecule has 9 nitrogen and oxygen atoms in total. The van der Waals surface area contributed by atoms with Crippen LogP contribution >= 0.6 is 0 Å². The Labute approximate surface area is 225 Å². The van der Waals surface area contributed by atoms with Crippen molar-refractivity contribution in [1.82, 2.24) is 34.7 Å². The Hall–Kier alpha value is -3.66. The lowest BCUT2D eigenvalue weighted by atomic mass is 9.42. The molecule has 39 heavy (non-hydrogen) atoms. The first-order valence-corrected chi connectivity index (χ1v) is 13.8. The predicted octanol–water partition coefficient (Wildman–Crippen LogP) is 3.58. The van der Waals surface area contributed by atoms with E-state index in [1.165, 1.54) is 5.56 Å². The molecule has 1 saturated heterocycles. The van der Waals surface area contributed by atoms with Gasteiger partial charge in [0.15, 0.2) is 0 Å². The number of alkyl halides is 1. The van der Waals surface area contributed by atoms with Crippen LogP contribution in [0.3, 0.4) is 0 Å². The third kappa shape index (κ3) is 4.04. The molecule has 4 saturated carbocycles. The summed E-state index contributed by atoms with van der Waals surface area (Å²) in [6.07, 6.45) is 14.5. The van der Waals surface area contributed by atoms with Crippen molar-refractivity contribution >= 4 is 17.1 Å². The van der Waals surface area contributed by atoms with Gasteiger partial charge in [0.2, 0.25) is 0 Å². The fraction of sp³-hybridized carbons (Fsp3) is 0.483. The van der Waals surface area contributed by atoms with E-state index < -0.39 is 5.67 Å². The van der Waals surface area contributed by atoms with Crippen molar-refractivity contribution in [3.8, 4) is 11.3 Å². The van der Waals surface area contributed by atoms with E-state index in [-0.39, 0.29) is 10.8 Å². The van der Waals surface area contributed by atoms with Gasteiger partial charge in [0, 0.05) is 68.6 Å². The fourth-order valence-electron chi connectivity index (χ4n) is 7.44. The van der Waals surface area contributed by atoms with Gasteiger partial charge in [-0.2, -0.15) is 0 Å². The Morgan fingerprint density at radius 1 is 1.08 bits per heavy atom. The molecule has 1 aliphatic heterocycles. The van der Waals surface area contributed by atoms with Gasteiger partial charge in [0.1, 0.15) is 22.8 Å². The predicted molar refractivity (Wildman–Crippen MR) is 143 cm³/mol. The molecule has 4 aromatic heterocycles. The molecule has 0 unspecified atom stereocenters. The molecular formula is C29H31FN8O. The van der Waals surface area contributed by atoms with Gasteiger partial charge in [-0.25, -0.2) is 14.1 Å². The Morgan fingerprint density at radius 3 is 2.77 bits per heavy atom. The number of nitrogens with zero attached hydrogens (tertiary/aromatic N) is 7. The van der Waals surface area contributed by atoms with Crippen LogP contribution in [-0.2, 0) is 17.9 Å². The number of rotatable bonds is 8. The molecule has 2 bridgehead atoms. The summed E-state index contributed by atoms with van der Waals surface area (Å²) in [4.78, 5) is 23.1. The zero-order valence-corrected chi connectivity index (χ0v) is 21.8. The largest absolute Gasteiger partial charge is 0.370 e. The van der Waals surface area contributed by atoms with E-state index in [2.05, 4.69) is 43.8 Å². The lowest BCUT2D eigenvalue weighted by molar-refractivity contribution is -0.209. The summed E-state index contributed by atoms with van der Waals surface area (Å²) in [6.45, 7) is 4.05. The summed E-state index contributed by atoms with van der Waals surface area (Å²) in [6, 6.07) is 6.24. The number of imidazole rings is 1. The van der Waals surface area contributed by atoms with Crippen molar-refractivity contribution in [2.45, 2.75) is 57.3 Å². The van der Waals surface area contributed by atoms with Crippen molar-refractivity contribution < 1.29 is 9.18 Å². The topological polar surface area (TPSA) is 93.2 Å². The average Bonchev–Trinajstić information content (AvgIpc) is 3.61. The summed E-state index contributed by atoms with van der Waals surface area (Å²) < 4.78 is 17.6. The third-order valence-electron chi connectivity index (χ3n) is 9.30. The summed E-state index contributed by atoms with van der Waals surface area (Å²) >= 11 is 0. The minimum atomic E-state index is -0.837. The first-order chi connectivity index (χ1) is 18.9. The summed E-state index contributed by atoms with van der Waals surface area (Å²) in [5.41, 5.74) is 5.30. The molecule has 0 atom stereocenters. The lowest BCUT2D eigenvalue weighted by Gasteiger charge is -2.66. The van der Waals surface area contributed by atoms with Crippen LogP contribution in [0.2, 0.25) is 0 Å². The Bertz CT molecular complexity index is 1580. The maximum absolute atomic E-state index is 13.7. The highest BCUT2D eigenvalue weighted by molar-refractivity contribution is 5.86. The minimum absolute atomic E-state index is 0.178. The smallest absolute Gasteiger partial charge is 0.137 e. The van der Waals surface area contributed by atoms with Gasteiger partial charge in [-0.3, -0.25) is 9.78 Å². The van der Waals surface area contributed by atoms with E-state index in [0.717, 1.165) is 93.0 Å². The molecule has 10 heteroatoms. The summed E-state index contributed by atoms with van der Waals surface area (Å²) in [5.74, 6) is 0.386. The monoisotopic (exact) mass is 526 g/mol. The quantitative estimate of drug-likeness (QED) is 0.375. The number of aromatic nitrogens is 6. The molecular weight excluding hydrogens is 495 g/mol. The van der Waals surface area contributed by atoms with Gasteiger partial charge in [-0.15, -0.1) is 5.10 Å². The first-order valence-electron chi connectivity index (χ1n) is 13.8. The van der Waals surface area contributed by atoms with Crippen LogP contribution in [0.5, 0.6) is 0 Å². The molecule has 0 amide bonds. The fourth-order valence-corrected chi connectivity index (χ4v) is 7.44. The number of fused-ring (bicyclic) bond motifs is 1. The molecule has 0 aromatic carbocycles. The van der Waals surface area contributed by atoms with Gasteiger partial charge in [-0.1, -0.05) is 11.3 Å². The van der Waals surface area contributed by atoms with Gasteiger partial charge < -0.3 is 14.6 Å². The highest BCUT2D eigenvalue weighted by Gasteiger charge is 2.68. The number of nitrogens with one attached hydrogen (secondary N) is 1. The Kier molecular flexibility index (Phi) is 4.87. The molecule has 5 aliphatic rings.